The second kappa shape index (κ2) is 6.52. The molecule has 18 heavy (non-hydrogen) atoms. The summed E-state index contributed by atoms with van der Waals surface area (Å²) in [4.78, 5) is 11.9. The molecule has 1 aromatic rings. The number of aliphatic hydroxyl groups is 1. The van der Waals surface area contributed by atoms with Crippen molar-refractivity contribution in [1.29, 1.82) is 0 Å². The van der Waals surface area contributed by atoms with Gasteiger partial charge < -0.3 is 15.2 Å². The molecule has 1 amide bonds. The van der Waals surface area contributed by atoms with Crippen molar-refractivity contribution in [1.82, 2.24) is 0 Å². The maximum absolute atomic E-state index is 11.9. The predicted octanol–water partition coefficient (Wildman–Crippen LogP) is 1.73. The number of benzene rings is 1. The molecule has 0 aliphatic carbocycles. The van der Waals surface area contributed by atoms with E-state index in [1.807, 2.05) is 24.3 Å². The van der Waals surface area contributed by atoms with Gasteiger partial charge in [-0.15, -0.1) is 0 Å². The molecule has 0 bridgehead atoms. The Morgan fingerprint density at radius 1 is 1.50 bits per heavy atom. The van der Waals surface area contributed by atoms with E-state index in [9.17, 15) is 4.79 Å². The van der Waals surface area contributed by atoms with Crippen LogP contribution in [-0.4, -0.2) is 30.3 Å². The Hall–Kier alpha value is -1.39. The Morgan fingerprint density at radius 2 is 2.39 bits per heavy atom. The molecule has 98 valence electrons. The van der Waals surface area contributed by atoms with E-state index in [4.69, 9.17) is 9.84 Å². The summed E-state index contributed by atoms with van der Waals surface area (Å²) < 4.78 is 5.34. The topological polar surface area (TPSA) is 58.6 Å². The van der Waals surface area contributed by atoms with Crippen LogP contribution in [0, 0.1) is 0 Å². The molecule has 1 aliphatic rings. The van der Waals surface area contributed by atoms with E-state index in [2.05, 4.69) is 5.32 Å². The largest absolute Gasteiger partial charge is 0.396 e. The minimum absolute atomic E-state index is 0.0631. The molecule has 4 heteroatoms. The summed E-state index contributed by atoms with van der Waals surface area (Å²) in [6.45, 7) is 0.862. The number of anilines is 1. The number of amides is 1. The van der Waals surface area contributed by atoms with Crippen LogP contribution in [0.3, 0.4) is 0 Å². The fourth-order valence-corrected chi connectivity index (χ4v) is 2.09. The van der Waals surface area contributed by atoms with E-state index >= 15 is 0 Å². The van der Waals surface area contributed by atoms with E-state index in [1.165, 1.54) is 0 Å². The molecule has 0 saturated carbocycles. The molecule has 1 heterocycles. The Kier molecular flexibility index (Phi) is 4.73. The van der Waals surface area contributed by atoms with Crippen molar-refractivity contribution in [2.75, 3.05) is 18.5 Å². The van der Waals surface area contributed by atoms with Crippen LogP contribution in [0.5, 0.6) is 0 Å². The van der Waals surface area contributed by atoms with Crippen LogP contribution in [-0.2, 0) is 16.0 Å². The van der Waals surface area contributed by atoms with E-state index < -0.39 is 0 Å². The number of nitrogens with one attached hydrogen (secondary N) is 1. The zero-order valence-corrected chi connectivity index (χ0v) is 10.4. The van der Waals surface area contributed by atoms with E-state index in [1.54, 1.807) is 0 Å². The Bertz CT molecular complexity index is 400. The van der Waals surface area contributed by atoms with Gasteiger partial charge in [0, 0.05) is 18.9 Å². The molecule has 1 fully saturated rings. The summed E-state index contributed by atoms with van der Waals surface area (Å²) in [5.41, 5.74) is 1.92. The number of aliphatic hydroxyl groups excluding tert-OH is 1. The van der Waals surface area contributed by atoms with E-state index in [-0.39, 0.29) is 18.6 Å². The lowest BCUT2D eigenvalue weighted by Crippen LogP contribution is -2.26. The first kappa shape index (κ1) is 13.1. The second-order valence-corrected chi connectivity index (χ2v) is 4.52. The van der Waals surface area contributed by atoms with Gasteiger partial charge in [-0.2, -0.15) is 0 Å². The molecule has 2 N–H and O–H groups in total. The third-order valence-electron chi connectivity index (χ3n) is 3.04. The molecule has 1 unspecified atom stereocenters. The Balaban J connectivity index is 1.93. The Morgan fingerprint density at radius 3 is 3.11 bits per heavy atom. The third-order valence-corrected chi connectivity index (χ3v) is 3.04. The normalized spacial score (nSPS) is 18.8. The average molecular weight is 249 g/mol. The first-order valence-electron chi connectivity index (χ1n) is 6.42. The molecular formula is C14H19NO3. The minimum atomic E-state index is -0.300. The number of carbonyl (C=O) groups is 1. The summed E-state index contributed by atoms with van der Waals surface area (Å²) in [5, 5.41) is 11.7. The van der Waals surface area contributed by atoms with Gasteiger partial charge in [-0.25, -0.2) is 0 Å². The van der Waals surface area contributed by atoms with Gasteiger partial charge in [-0.1, -0.05) is 12.1 Å². The number of ether oxygens (including phenoxy) is 1. The highest BCUT2D eigenvalue weighted by Gasteiger charge is 2.23. The van der Waals surface area contributed by atoms with Crippen molar-refractivity contribution in [3.8, 4) is 0 Å². The number of aryl methyl sites for hydroxylation is 1. The quantitative estimate of drug-likeness (QED) is 0.835. The monoisotopic (exact) mass is 249 g/mol. The molecule has 1 atom stereocenters. The van der Waals surface area contributed by atoms with Gasteiger partial charge in [0.15, 0.2) is 0 Å². The molecule has 0 spiro atoms. The summed E-state index contributed by atoms with van der Waals surface area (Å²) in [7, 11) is 0. The van der Waals surface area contributed by atoms with Crippen molar-refractivity contribution in [2.45, 2.75) is 31.8 Å². The van der Waals surface area contributed by atoms with Gasteiger partial charge in [0.05, 0.1) is 0 Å². The van der Waals surface area contributed by atoms with Gasteiger partial charge in [-0.05, 0) is 43.4 Å². The van der Waals surface area contributed by atoms with Crippen molar-refractivity contribution in [3.63, 3.8) is 0 Å². The van der Waals surface area contributed by atoms with Gasteiger partial charge in [0.1, 0.15) is 6.10 Å². The second-order valence-electron chi connectivity index (χ2n) is 4.52. The fraction of sp³-hybridized carbons (Fsp3) is 0.500. The first-order valence-corrected chi connectivity index (χ1v) is 6.42. The molecule has 0 aromatic heterocycles. The Labute approximate surface area is 107 Å². The SMILES string of the molecule is O=C(Nc1cccc(CCCO)c1)C1CCCO1. The number of hydrogen-bond donors (Lipinski definition) is 2. The zero-order valence-electron chi connectivity index (χ0n) is 10.4. The molecule has 4 nitrogen and oxygen atoms in total. The summed E-state index contributed by atoms with van der Waals surface area (Å²) >= 11 is 0. The highest BCUT2D eigenvalue weighted by Crippen LogP contribution is 2.16. The van der Waals surface area contributed by atoms with Gasteiger partial charge in [-0.3, -0.25) is 4.79 Å². The van der Waals surface area contributed by atoms with Crippen LogP contribution in [0.4, 0.5) is 5.69 Å². The summed E-state index contributed by atoms with van der Waals surface area (Å²) in [6.07, 6.45) is 3.01. The number of rotatable bonds is 5. The van der Waals surface area contributed by atoms with Gasteiger partial charge in [0.25, 0.3) is 5.91 Å². The van der Waals surface area contributed by atoms with E-state index in [0.717, 1.165) is 36.9 Å². The predicted molar refractivity (Wildman–Crippen MR) is 69.5 cm³/mol. The van der Waals surface area contributed by atoms with Crippen molar-refractivity contribution >= 4 is 11.6 Å². The molecule has 1 aliphatic heterocycles. The molecular weight excluding hydrogens is 230 g/mol. The minimum Gasteiger partial charge on any atom is -0.396 e. The first-order chi connectivity index (χ1) is 8.79. The summed E-state index contributed by atoms with van der Waals surface area (Å²) in [5.74, 6) is -0.0631. The number of carbonyl (C=O) groups excluding carboxylic acids is 1. The van der Waals surface area contributed by atoms with Crippen LogP contribution < -0.4 is 5.32 Å². The lowest BCUT2D eigenvalue weighted by Gasteiger charge is -2.11. The number of hydrogen-bond acceptors (Lipinski definition) is 3. The van der Waals surface area contributed by atoms with Crippen molar-refractivity contribution in [3.05, 3.63) is 29.8 Å². The van der Waals surface area contributed by atoms with Crippen LogP contribution in [0.1, 0.15) is 24.8 Å². The smallest absolute Gasteiger partial charge is 0.253 e. The van der Waals surface area contributed by atoms with Crippen molar-refractivity contribution < 1.29 is 14.6 Å². The average Bonchev–Trinajstić information content (AvgIpc) is 2.91. The highest BCUT2D eigenvalue weighted by atomic mass is 16.5. The lowest BCUT2D eigenvalue weighted by atomic mass is 10.1. The van der Waals surface area contributed by atoms with Gasteiger partial charge in [0.2, 0.25) is 0 Å². The van der Waals surface area contributed by atoms with Crippen LogP contribution in [0.25, 0.3) is 0 Å². The fourth-order valence-electron chi connectivity index (χ4n) is 2.09. The zero-order chi connectivity index (χ0) is 12.8. The maximum atomic E-state index is 11.9. The van der Waals surface area contributed by atoms with E-state index in [0.29, 0.717) is 6.61 Å². The van der Waals surface area contributed by atoms with Crippen LogP contribution in [0.15, 0.2) is 24.3 Å². The highest BCUT2D eigenvalue weighted by molar-refractivity contribution is 5.94. The van der Waals surface area contributed by atoms with Crippen molar-refractivity contribution in [2.24, 2.45) is 0 Å². The molecule has 0 radical (unpaired) electrons. The lowest BCUT2D eigenvalue weighted by molar-refractivity contribution is -0.124. The van der Waals surface area contributed by atoms with Crippen LogP contribution in [0.2, 0.25) is 0 Å². The molecule has 1 aromatic carbocycles. The van der Waals surface area contributed by atoms with Crippen LogP contribution >= 0.6 is 0 Å². The third kappa shape index (κ3) is 3.55. The van der Waals surface area contributed by atoms with Gasteiger partial charge >= 0.3 is 0 Å². The standard InChI is InChI=1S/C14H19NO3/c16-8-2-5-11-4-1-6-12(10-11)15-14(17)13-7-3-9-18-13/h1,4,6,10,13,16H,2-3,5,7-9H2,(H,15,17). The maximum Gasteiger partial charge on any atom is 0.253 e. The summed E-state index contributed by atoms with van der Waals surface area (Å²) in [6, 6.07) is 7.73. The molecule has 2 rings (SSSR count). The molecule has 1 saturated heterocycles.